The van der Waals surface area contributed by atoms with Crippen LogP contribution in [0.2, 0.25) is 0 Å². The Morgan fingerprint density at radius 1 is 1.32 bits per heavy atom. The van der Waals surface area contributed by atoms with E-state index in [2.05, 4.69) is 15.0 Å². The predicted molar refractivity (Wildman–Crippen MR) is 75.7 cm³/mol. The summed E-state index contributed by atoms with van der Waals surface area (Å²) in [6.07, 6.45) is 2.71. The second kappa shape index (κ2) is 5.69. The van der Waals surface area contributed by atoms with Gasteiger partial charge >= 0.3 is 6.09 Å². The fraction of sp³-hybridized carbons (Fsp3) is 0.0909. The molecule has 0 aliphatic carbocycles. The zero-order chi connectivity index (χ0) is 14.0. The number of ether oxygens (including phenoxy) is 1. The van der Waals surface area contributed by atoms with Crippen molar-refractivity contribution in [2.45, 2.75) is 0 Å². The second-order valence-corrected chi connectivity index (χ2v) is 4.83. The summed E-state index contributed by atoms with van der Waals surface area (Å²) in [5, 5.41) is 2.70. The summed E-state index contributed by atoms with van der Waals surface area (Å²) in [6, 6.07) is 3.44. The van der Waals surface area contributed by atoms with Gasteiger partial charge in [0.05, 0.1) is 18.3 Å². The molecule has 2 heterocycles. The monoisotopic (exact) mass is 319 g/mol. The summed E-state index contributed by atoms with van der Waals surface area (Å²) in [6.45, 7) is 0. The first-order chi connectivity index (χ1) is 9.01. The number of pyridine rings is 1. The highest BCUT2D eigenvalue weighted by Gasteiger charge is 2.08. The van der Waals surface area contributed by atoms with E-state index in [-0.39, 0.29) is 9.52 Å². The van der Waals surface area contributed by atoms with E-state index in [4.69, 9.17) is 34.8 Å². The van der Waals surface area contributed by atoms with Gasteiger partial charge in [0.25, 0.3) is 0 Å². The molecule has 0 aromatic carbocycles. The average Bonchev–Trinajstić information content (AvgIpc) is 2.78. The lowest BCUT2D eigenvalue weighted by atomic mass is 10.3. The zero-order valence-corrected chi connectivity index (χ0v) is 11.9. The van der Waals surface area contributed by atoms with Crippen molar-refractivity contribution in [3.8, 4) is 0 Å². The van der Waals surface area contributed by atoms with Crippen LogP contribution in [0, 0.1) is 0 Å². The Morgan fingerprint density at radius 3 is 2.68 bits per heavy atom. The first-order valence-electron chi connectivity index (χ1n) is 5.06. The number of imidazole rings is 1. The Labute approximate surface area is 123 Å². The molecule has 0 spiro atoms. The van der Waals surface area contributed by atoms with Gasteiger partial charge in [-0.15, -0.1) is 0 Å². The Bertz CT molecular complexity index is 662. The molecule has 1 amide bonds. The molecule has 2 aromatic heterocycles. The van der Waals surface area contributed by atoms with Crippen LogP contribution in [0.5, 0.6) is 0 Å². The van der Waals surface area contributed by atoms with Crippen molar-refractivity contribution >= 4 is 57.4 Å². The lowest BCUT2D eigenvalue weighted by molar-refractivity contribution is 0.187. The number of halogens is 3. The largest absolute Gasteiger partial charge is 0.453 e. The Kier molecular flexibility index (Phi) is 4.19. The van der Waals surface area contributed by atoms with Crippen LogP contribution in [-0.4, -0.2) is 22.6 Å². The van der Waals surface area contributed by atoms with Gasteiger partial charge in [0.2, 0.25) is 0 Å². The molecule has 1 N–H and O–H groups in total. The van der Waals surface area contributed by atoms with Gasteiger partial charge in [0.1, 0.15) is 10.1 Å². The van der Waals surface area contributed by atoms with Crippen LogP contribution < -0.4 is 5.32 Å². The molecule has 19 heavy (non-hydrogen) atoms. The van der Waals surface area contributed by atoms with Crippen LogP contribution in [-0.2, 0) is 4.74 Å². The molecular formula is C11H8Cl3N3O2. The van der Waals surface area contributed by atoms with Crippen LogP contribution in [0.3, 0.4) is 0 Å². The van der Waals surface area contributed by atoms with Crippen molar-refractivity contribution in [1.29, 1.82) is 0 Å². The first kappa shape index (κ1) is 14.0. The molecule has 0 unspecified atom stereocenters. The molecule has 0 atom stereocenters. The number of carbonyl (C=O) groups is 1. The Balaban J connectivity index is 2.39. The highest BCUT2D eigenvalue weighted by molar-refractivity contribution is 6.66. The molecule has 5 nitrogen and oxygen atoms in total. The number of fused-ring (bicyclic) bond motifs is 1. The van der Waals surface area contributed by atoms with Crippen molar-refractivity contribution < 1.29 is 9.53 Å². The summed E-state index contributed by atoms with van der Waals surface area (Å²) >= 11 is 17.2. The summed E-state index contributed by atoms with van der Waals surface area (Å²) < 4.78 is 6.14. The fourth-order valence-corrected chi connectivity index (χ4v) is 1.78. The van der Waals surface area contributed by atoms with Crippen molar-refractivity contribution in [3.63, 3.8) is 0 Å². The number of nitrogens with zero attached hydrogens (tertiary/aromatic N) is 2. The van der Waals surface area contributed by atoms with E-state index >= 15 is 0 Å². The van der Waals surface area contributed by atoms with Crippen LogP contribution in [0.15, 0.2) is 29.0 Å². The van der Waals surface area contributed by atoms with Crippen LogP contribution in [0.25, 0.3) is 10.7 Å². The standard InChI is InChI=1S/C11H8Cl3N3O2/c1-19-11(18)16-7-5-17-4-6(9(12)10(13)14)2-3-8(17)15-7/h2-5H,1H3,(H,16,18). The quantitative estimate of drug-likeness (QED) is 0.914. The highest BCUT2D eigenvalue weighted by Crippen LogP contribution is 2.28. The van der Waals surface area contributed by atoms with Crippen LogP contribution >= 0.6 is 34.8 Å². The van der Waals surface area contributed by atoms with Crippen molar-refractivity contribution in [3.05, 3.63) is 34.6 Å². The number of amides is 1. The molecule has 0 fully saturated rings. The van der Waals surface area contributed by atoms with Crippen molar-refractivity contribution in [2.24, 2.45) is 0 Å². The number of carbonyl (C=O) groups excluding carboxylic acids is 1. The summed E-state index contributed by atoms with van der Waals surface area (Å²) in [5.41, 5.74) is 1.27. The third-order valence-electron chi connectivity index (χ3n) is 2.29. The number of hydrogen-bond acceptors (Lipinski definition) is 3. The summed E-state index contributed by atoms with van der Waals surface area (Å²) in [7, 11) is 1.27. The minimum absolute atomic E-state index is 0.0194. The van der Waals surface area contributed by atoms with Gasteiger partial charge in [-0.1, -0.05) is 34.8 Å². The molecule has 0 aliphatic rings. The van der Waals surface area contributed by atoms with Gasteiger partial charge in [-0.2, -0.15) is 0 Å². The number of nitrogens with one attached hydrogen (secondary N) is 1. The van der Waals surface area contributed by atoms with Crippen molar-refractivity contribution in [1.82, 2.24) is 9.38 Å². The fourth-order valence-electron chi connectivity index (χ4n) is 1.45. The topological polar surface area (TPSA) is 55.6 Å². The molecule has 0 radical (unpaired) electrons. The normalized spacial score (nSPS) is 10.3. The van der Waals surface area contributed by atoms with Crippen molar-refractivity contribution in [2.75, 3.05) is 12.4 Å². The van der Waals surface area contributed by atoms with E-state index in [0.717, 1.165) is 0 Å². The molecule has 0 bridgehead atoms. The molecular weight excluding hydrogens is 312 g/mol. The van der Waals surface area contributed by atoms with Gasteiger partial charge in [0, 0.05) is 11.8 Å². The van der Waals surface area contributed by atoms with Gasteiger partial charge in [-0.3, -0.25) is 5.32 Å². The lowest BCUT2D eigenvalue weighted by Crippen LogP contribution is -2.10. The molecule has 0 saturated carbocycles. The van der Waals surface area contributed by atoms with E-state index in [9.17, 15) is 4.79 Å². The Morgan fingerprint density at radius 2 is 2.05 bits per heavy atom. The number of hydrogen-bond donors (Lipinski definition) is 1. The van der Waals surface area contributed by atoms with Crippen LogP contribution in [0.1, 0.15) is 5.56 Å². The van der Waals surface area contributed by atoms with E-state index in [0.29, 0.717) is 17.0 Å². The minimum Gasteiger partial charge on any atom is -0.453 e. The molecule has 2 rings (SSSR count). The first-order valence-corrected chi connectivity index (χ1v) is 6.19. The molecule has 0 aliphatic heterocycles. The third-order valence-corrected chi connectivity index (χ3v) is 3.26. The van der Waals surface area contributed by atoms with Gasteiger partial charge in [0.15, 0.2) is 5.82 Å². The molecule has 2 aromatic rings. The number of methoxy groups -OCH3 is 1. The average molecular weight is 321 g/mol. The van der Waals surface area contributed by atoms with Crippen LogP contribution in [0.4, 0.5) is 10.6 Å². The van der Waals surface area contributed by atoms with E-state index in [1.54, 1.807) is 28.9 Å². The smallest absolute Gasteiger partial charge is 0.412 e. The summed E-state index contributed by atoms with van der Waals surface area (Å²) in [5.74, 6) is 0.362. The maximum absolute atomic E-state index is 11.1. The molecule has 0 saturated heterocycles. The number of rotatable bonds is 2. The Hall–Kier alpha value is -1.43. The molecule has 8 heteroatoms. The maximum Gasteiger partial charge on any atom is 0.412 e. The van der Waals surface area contributed by atoms with Gasteiger partial charge < -0.3 is 9.14 Å². The SMILES string of the molecule is COC(=O)Nc1cn2cc(C(Cl)=C(Cl)Cl)ccc2n1. The van der Waals surface area contributed by atoms with Gasteiger partial charge in [-0.05, 0) is 12.1 Å². The predicted octanol–water partition coefficient (Wildman–Crippen LogP) is 3.86. The number of anilines is 1. The molecule has 100 valence electrons. The van der Waals surface area contributed by atoms with E-state index < -0.39 is 6.09 Å². The van der Waals surface area contributed by atoms with E-state index in [1.807, 2.05) is 0 Å². The minimum atomic E-state index is -0.592. The lowest BCUT2D eigenvalue weighted by Gasteiger charge is -2.00. The third kappa shape index (κ3) is 3.12. The summed E-state index contributed by atoms with van der Waals surface area (Å²) in [4.78, 5) is 15.2. The zero-order valence-electron chi connectivity index (χ0n) is 9.65. The van der Waals surface area contributed by atoms with E-state index in [1.165, 1.54) is 7.11 Å². The second-order valence-electron chi connectivity index (χ2n) is 3.50. The number of aromatic nitrogens is 2. The highest BCUT2D eigenvalue weighted by atomic mass is 35.5. The maximum atomic E-state index is 11.1. The van der Waals surface area contributed by atoms with Gasteiger partial charge in [-0.25, -0.2) is 9.78 Å².